The number of aromatic nitrogens is 1. The summed E-state index contributed by atoms with van der Waals surface area (Å²) < 4.78 is 35.6. The Bertz CT molecular complexity index is 1220. The number of morpholine rings is 1. The van der Waals surface area contributed by atoms with E-state index in [1.165, 1.54) is 23.5 Å². The van der Waals surface area contributed by atoms with E-state index in [0.717, 1.165) is 35.3 Å². The predicted molar refractivity (Wildman–Crippen MR) is 125 cm³/mol. The second kappa shape index (κ2) is 9.53. The molecule has 1 fully saturated rings. The zero-order chi connectivity index (χ0) is 22.7. The van der Waals surface area contributed by atoms with Gasteiger partial charge < -0.3 is 9.47 Å². The minimum absolute atomic E-state index is 0.116. The van der Waals surface area contributed by atoms with Gasteiger partial charge in [0.25, 0.3) is 5.91 Å². The minimum Gasteiger partial charge on any atom is -0.497 e. The number of hydrogen-bond acceptors (Lipinski definition) is 8. The highest BCUT2D eigenvalue weighted by atomic mass is 32.2. The molecule has 4 rings (SSSR count). The van der Waals surface area contributed by atoms with Crippen molar-refractivity contribution in [2.45, 2.75) is 4.90 Å². The van der Waals surface area contributed by atoms with Gasteiger partial charge in [0.1, 0.15) is 5.75 Å². The molecule has 2 heterocycles. The molecule has 1 aliphatic heterocycles. The van der Waals surface area contributed by atoms with Crippen LogP contribution in [-0.4, -0.2) is 77.0 Å². The molecule has 0 bridgehead atoms. The molecule has 2 aromatic carbocycles. The Balaban J connectivity index is 1.67. The first-order chi connectivity index (χ1) is 15.3. The maximum absolute atomic E-state index is 13.5. The Kier molecular flexibility index (Phi) is 6.75. The minimum atomic E-state index is -3.43. The van der Waals surface area contributed by atoms with Crippen molar-refractivity contribution in [2.75, 3.05) is 57.7 Å². The SMILES string of the molecule is COc1ccc2nc(N(CCN3CCOCC3)C(=O)c3cccc(S(C)(=O)=O)c3)sc2c1. The third kappa shape index (κ3) is 5.09. The highest BCUT2D eigenvalue weighted by Crippen LogP contribution is 2.32. The van der Waals surface area contributed by atoms with E-state index in [1.807, 2.05) is 18.2 Å². The van der Waals surface area contributed by atoms with Crippen molar-refractivity contribution >= 4 is 42.4 Å². The summed E-state index contributed by atoms with van der Waals surface area (Å²) in [5, 5.41) is 0.566. The molecule has 0 unspecified atom stereocenters. The third-order valence-corrected chi connectivity index (χ3v) is 7.46. The Morgan fingerprint density at radius 1 is 1.22 bits per heavy atom. The van der Waals surface area contributed by atoms with Crippen LogP contribution in [-0.2, 0) is 14.6 Å². The quantitative estimate of drug-likeness (QED) is 0.519. The van der Waals surface area contributed by atoms with Crippen LogP contribution in [0.5, 0.6) is 5.75 Å². The third-order valence-electron chi connectivity index (χ3n) is 5.31. The molecule has 0 radical (unpaired) electrons. The van der Waals surface area contributed by atoms with Gasteiger partial charge in [-0.3, -0.25) is 14.6 Å². The van der Waals surface area contributed by atoms with Crippen LogP contribution in [0.2, 0.25) is 0 Å². The van der Waals surface area contributed by atoms with Crippen molar-refractivity contribution in [3.63, 3.8) is 0 Å². The number of amides is 1. The largest absolute Gasteiger partial charge is 0.497 e. The monoisotopic (exact) mass is 475 g/mol. The van der Waals surface area contributed by atoms with Gasteiger partial charge in [0.15, 0.2) is 15.0 Å². The average molecular weight is 476 g/mol. The average Bonchev–Trinajstić information content (AvgIpc) is 3.22. The molecule has 1 aliphatic rings. The van der Waals surface area contributed by atoms with Crippen molar-refractivity contribution < 1.29 is 22.7 Å². The number of hydrogen-bond donors (Lipinski definition) is 0. The molecule has 3 aromatic rings. The number of nitrogens with zero attached hydrogens (tertiary/aromatic N) is 3. The normalized spacial score (nSPS) is 15.1. The number of anilines is 1. The van der Waals surface area contributed by atoms with Crippen LogP contribution in [0.25, 0.3) is 10.2 Å². The summed E-state index contributed by atoms with van der Waals surface area (Å²) in [6.07, 6.45) is 1.13. The summed E-state index contributed by atoms with van der Waals surface area (Å²) in [5.41, 5.74) is 1.09. The van der Waals surface area contributed by atoms with Crippen LogP contribution in [0, 0.1) is 0 Å². The molecule has 1 amide bonds. The van der Waals surface area contributed by atoms with Crippen LogP contribution >= 0.6 is 11.3 Å². The second-order valence-corrected chi connectivity index (χ2v) is 10.6. The summed E-state index contributed by atoms with van der Waals surface area (Å²) in [7, 11) is -1.82. The van der Waals surface area contributed by atoms with Gasteiger partial charge in [-0.15, -0.1) is 0 Å². The first-order valence-electron chi connectivity index (χ1n) is 10.2. The highest BCUT2D eigenvalue weighted by Gasteiger charge is 2.24. The lowest BCUT2D eigenvalue weighted by Gasteiger charge is -2.29. The summed E-state index contributed by atoms with van der Waals surface area (Å²) in [6.45, 7) is 4.06. The van der Waals surface area contributed by atoms with E-state index in [4.69, 9.17) is 9.47 Å². The number of fused-ring (bicyclic) bond motifs is 1. The van der Waals surface area contributed by atoms with E-state index < -0.39 is 9.84 Å². The highest BCUT2D eigenvalue weighted by molar-refractivity contribution is 7.90. The van der Waals surface area contributed by atoms with E-state index in [-0.39, 0.29) is 10.8 Å². The number of carbonyl (C=O) groups excluding carboxylic acids is 1. The van der Waals surface area contributed by atoms with E-state index in [0.29, 0.717) is 37.0 Å². The summed E-state index contributed by atoms with van der Waals surface area (Å²) in [4.78, 5) is 22.2. The Labute approximate surface area is 191 Å². The van der Waals surface area contributed by atoms with E-state index in [2.05, 4.69) is 9.88 Å². The van der Waals surface area contributed by atoms with E-state index in [9.17, 15) is 13.2 Å². The lowest BCUT2D eigenvalue weighted by atomic mass is 10.2. The molecule has 32 heavy (non-hydrogen) atoms. The fraction of sp³-hybridized carbons (Fsp3) is 0.364. The van der Waals surface area contributed by atoms with Gasteiger partial charge in [0.05, 0.1) is 35.4 Å². The molecular weight excluding hydrogens is 450 g/mol. The molecule has 0 saturated carbocycles. The first kappa shape index (κ1) is 22.7. The Morgan fingerprint density at radius 3 is 2.72 bits per heavy atom. The van der Waals surface area contributed by atoms with Crippen LogP contribution in [0.4, 0.5) is 5.13 Å². The smallest absolute Gasteiger partial charge is 0.260 e. The number of benzene rings is 2. The van der Waals surface area contributed by atoms with Gasteiger partial charge in [-0.1, -0.05) is 17.4 Å². The van der Waals surface area contributed by atoms with E-state index >= 15 is 0 Å². The van der Waals surface area contributed by atoms with Crippen molar-refractivity contribution in [3.05, 3.63) is 48.0 Å². The van der Waals surface area contributed by atoms with E-state index in [1.54, 1.807) is 24.1 Å². The number of carbonyl (C=O) groups is 1. The Morgan fingerprint density at radius 2 is 2.00 bits per heavy atom. The number of methoxy groups -OCH3 is 1. The fourth-order valence-corrected chi connectivity index (χ4v) is 5.19. The molecule has 1 saturated heterocycles. The number of ether oxygens (including phenoxy) is 2. The van der Waals surface area contributed by atoms with Crippen molar-refractivity contribution in [2.24, 2.45) is 0 Å². The van der Waals surface area contributed by atoms with Gasteiger partial charge in [-0.05, 0) is 36.4 Å². The van der Waals surface area contributed by atoms with Crippen LogP contribution in [0.1, 0.15) is 10.4 Å². The zero-order valence-electron chi connectivity index (χ0n) is 18.0. The summed E-state index contributed by atoms with van der Waals surface area (Å²) >= 11 is 1.41. The van der Waals surface area contributed by atoms with Gasteiger partial charge in [-0.25, -0.2) is 13.4 Å². The maximum atomic E-state index is 13.5. The number of rotatable bonds is 7. The molecular formula is C22H25N3O5S2. The first-order valence-corrected chi connectivity index (χ1v) is 12.9. The van der Waals surface area contributed by atoms with Crippen molar-refractivity contribution in [1.29, 1.82) is 0 Å². The van der Waals surface area contributed by atoms with Crippen LogP contribution in [0.3, 0.4) is 0 Å². The molecule has 8 nitrogen and oxygen atoms in total. The van der Waals surface area contributed by atoms with Gasteiger partial charge >= 0.3 is 0 Å². The Hall–Kier alpha value is -2.53. The van der Waals surface area contributed by atoms with Crippen LogP contribution in [0.15, 0.2) is 47.4 Å². The van der Waals surface area contributed by atoms with Crippen molar-refractivity contribution in [3.8, 4) is 5.75 Å². The topological polar surface area (TPSA) is 89.0 Å². The molecule has 0 aliphatic carbocycles. The standard InChI is InChI=1S/C22H25N3O5S2/c1-29-17-6-7-19-20(15-17)31-22(23-19)25(9-8-24-10-12-30-13-11-24)21(26)16-4-3-5-18(14-16)32(2,27)28/h3-7,14-15H,8-13H2,1-2H3. The molecule has 0 spiro atoms. The lowest BCUT2D eigenvalue weighted by molar-refractivity contribution is 0.0391. The lowest BCUT2D eigenvalue weighted by Crippen LogP contribution is -2.43. The molecule has 0 N–H and O–H groups in total. The van der Waals surface area contributed by atoms with Crippen LogP contribution < -0.4 is 9.64 Å². The second-order valence-electron chi connectivity index (χ2n) is 7.54. The van der Waals surface area contributed by atoms with Gasteiger partial charge in [0, 0.05) is 38.0 Å². The summed E-state index contributed by atoms with van der Waals surface area (Å²) in [6, 6.07) is 11.7. The summed E-state index contributed by atoms with van der Waals surface area (Å²) in [5.74, 6) is 0.439. The number of thiazole rings is 1. The van der Waals surface area contributed by atoms with Gasteiger partial charge in [-0.2, -0.15) is 0 Å². The van der Waals surface area contributed by atoms with Gasteiger partial charge in [0.2, 0.25) is 0 Å². The molecule has 10 heteroatoms. The maximum Gasteiger partial charge on any atom is 0.260 e. The predicted octanol–water partition coefficient (Wildman–Crippen LogP) is 2.69. The number of sulfone groups is 1. The van der Waals surface area contributed by atoms with Crippen molar-refractivity contribution in [1.82, 2.24) is 9.88 Å². The molecule has 1 aromatic heterocycles. The fourth-order valence-electron chi connectivity index (χ4n) is 3.50. The zero-order valence-corrected chi connectivity index (χ0v) is 19.6. The molecule has 0 atom stereocenters. The molecule has 170 valence electrons.